The van der Waals surface area contributed by atoms with E-state index in [1.165, 1.54) is 6.07 Å². The van der Waals surface area contributed by atoms with Gasteiger partial charge >= 0.3 is 0 Å². The molecule has 0 fully saturated rings. The highest BCUT2D eigenvalue weighted by molar-refractivity contribution is 9.10. The van der Waals surface area contributed by atoms with Crippen LogP contribution in [-0.4, -0.2) is 6.54 Å². The van der Waals surface area contributed by atoms with Gasteiger partial charge in [0.1, 0.15) is 5.82 Å². The second-order valence-electron chi connectivity index (χ2n) is 2.63. The van der Waals surface area contributed by atoms with Crippen LogP contribution in [0.25, 0.3) is 10.4 Å². The standard InChI is InChI=1S/C10H7BrFN3/c11-9-4-5-10(12)8(7-9)3-1-2-6-14-15-13/h4-5,7H,2,6H2. The van der Waals surface area contributed by atoms with Crippen molar-refractivity contribution in [3.8, 4) is 11.8 Å². The van der Waals surface area contributed by atoms with E-state index in [1.807, 2.05) is 0 Å². The molecule has 0 radical (unpaired) electrons. The number of benzene rings is 1. The lowest BCUT2D eigenvalue weighted by atomic mass is 10.2. The van der Waals surface area contributed by atoms with Crippen molar-refractivity contribution in [2.24, 2.45) is 5.11 Å². The van der Waals surface area contributed by atoms with Crippen LogP contribution in [0.15, 0.2) is 27.8 Å². The van der Waals surface area contributed by atoms with Gasteiger partial charge in [0.25, 0.3) is 0 Å². The van der Waals surface area contributed by atoms with Gasteiger partial charge in [-0.15, -0.1) is 0 Å². The molecule has 0 spiro atoms. The van der Waals surface area contributed by atoms with Gasteiger partial charge in [-0.05, 0) is 23.7 Å². The molecule has 0 heterocycles. The second-order valence-corrected chi connectivity index (χ2v) is 3.55. The molecule has 0 aliphatic carbocycles. The summed E-state index contributed by atoms with van der Waals surface area (Å²) in [6.07, 6.45) is 0.427. The van der Waals surface area contributed by atoms with Gasteiger partial charge in [0.05, 0.1) is 5.56 Å². The van der Waals surface area contributed by atoms with Gasteiger partial charge in [0, 0.05) is 22.4 Å². The summed E-state index contributed by atoms with van der Waals surface area (Å²) >= 11 is 3.23. The molecule has 0 saturated heterocycles. The largest absolute Gasteiger partial charge is 0.206 e. The van der Waals surface area contributed by atoms with E-state index in [4.69, 9.17) is 5.53 Å². The van der Waals surface area contributed by atoms with Gasteiger partial charge in [-0.2, -0.15) is 0 Å². The molecule has 76 valence electrons. The Kier molecular flexibility index (Phi) is 4.69. The van der Waals surface area contributed by atoms with Crippen LogP contribution in [0.5, 0.6) is 0 Å². The van der Waals surface area contributed by atoms with Crippen LogP contribution in [-0.2, 0) is 0 Å². The Balaban J connectivity index is 2.70. The first kappa shape index (κ1) is 11.6. The van der Waals surface area contributed by atoms with E-state index in [1.54, 1.807) is 12.1 Å². The molecule has 0 aromatic heterocycles. The summed E-state index contributed by atoms with van der Waals surface area (Å²) in [4.78, 5) is 2.59. The molecule has 0 N–H and O–H groups in total. The molecule has 0 atom stereocenters. The Bertz CT molecular complexity index is 455. The van der Waals surface area contributed by atoms with Gasteiger partial charge in [0.15, 0.2) is 0 Å². The van der Waals surface area contributed by atoms with E-state index in [2.05, 4.69) is 37.8 Å². The van der Waals surface area contributed by atoms with Crippen LogP contribution in [0.3, 0.4) is 0 Å². The third-order valence-electron chi connectivity index (χ3n) is 1.55. The van der Waals surface area contributed by atoms with E-state index in [-0.39, 0.29) is 5.82 Å². The van der Waals surface area contributed by atoms with Crippen LogP contribution in [0, 0.1) is 17.7 Å². The van der Waals surface area contributed by atoms with Crippen molar-refractivity contribution in [2.45, 2.75) is 6.42 Å². The lowest BCUT2D eigenvalue weighted by molar-refractivity contribution is 0.624. The number of hydrogen-bond acceptors (Lipinski definition) is 1. The lowest BCUT2D eigenvalue weighted by Crippen LogP contribution is -1.83. The third kappa shape index (κ3) is 4.03. The maximum absolute atomic E-state index is 13.1. The van der Waals surface area contributed by atoms with Gasteiger partial charge < -0.3 is 0 Å². The number of azide groups is 1. The van der Waals surface area contributed by atoms with E-state index in [0.717, 1.165) is 4.47 Å². The quantitative estimate of drug-likeness (QED) is 0.258. The van der Waals surface area contributed by atoms with E-state index in [0.29, 0.717) is 18.5 Å². The first-order chi connectivity index (χ1) is 7.24. The Labute approximate surface area is 95.1 Å². The maximum atomic E-state index is 13.1. The average molecular weight is 268 g/mol. The predicted octanol–water partition coefficient (Wildman–Crippen LogP) is 3.64. The highest BCUT2D eigenvalue weighted by atomic mass is 79.9. The summed E-state index contributed by atoms with van der Waals surface area (Å²) in [5.74, 6) is 5.05. The third-order valence-corrected chi connectivity index (χ3v) is 2.04. The van der Waals surface area contributed by atoms with Crippen molar-refractivity contribution < 1.29 is 4.39 Å². The molecule has 15 heavy (non-hydrogen) atoms. The summed E-state index contributed by atoms with van der Waals surface area (Å²) in [6.45, 7) is 0.305. The Morgan fingerprint density at radius 1 is 1.53 bits per heavy atom. The number of rotatable bonds is 2. The van der Waals surface area contributed by atoms with Crippen molar-refractivity contribution in [1.29, 1.82) is 0 Å². The van der Waals surface area contributed by atoms with E-state index < -0.39 is 0 Å². The Morgan fingerprint density at radius 3 is 3.07 bits per heavy atom. The molecule has 5 heteroatoms. The minimum Gasteiger partial charge on any atom is -0.206 e. The van der Waals surface area contributed by atoms with Crippen LogP contribution in [0.2, 0.25) is 0 Å². The molecule has 0 amide bonds. The molecule has 0 aliphatic heterocycles. The first-order valence-electron chi connectivity index (χ1n) is 4.19. The topological polar surface area (TPSA) is 48.8 Å². The summed E-state index contributed by atoms with van der Waals surface area (Å²) in [5.41, 5.74) is 8.35. The zero-order chi connectivity index (χ0) is 11.1. The van der Waals surface area contributed by atoms with Gasteiger partial charge in [-0.1, -0.05) is 32.9 Å². The lowest BCUT2D eigenvalue weighted by Gasteiger charge is -1.94. The Hall–Kier alpha value is -1.50. The summed E-state index contributed by atoms with van der Waals surface area (Å²) in [6, 6.07) is 4.57. The minimum absolute atomic E-state index is 0.305. The molecule has 3 nitrogen and oxygen atoms in total. The summed E-state index contributed by atoms with van der Waals surface area (Å²) in [7, 11) is 0. The fraction of sp³-hybridized carbons (Fsp3) is 0.200. The second kappa shape index (κ2) is 6.07. The van der Waals surface area contributed by atoms with Crippen molar-refractivity contribution in [2.75, 3.05) is 6.54 Å². The SMILES string of the molecule is [N-]=[N+]=NCCC#Cc1cc(Br)ccc1F. The normalized spacial score (nSPS) is 8.67. The fourth-order valence-electron chi connectivity index (χ4n) is 0.902. The number of halogens is 2. The van der Waals surface area contributed by atoms with E-state index >= 15 is 0 Å². The summed E-state index contributed by atoms with van der Waals surface area (Å²) < 4.78 is 13.9. The smallest absolute Gasteiger partial charge is 0.138 e. The monoisotopic (exact) mass is 267 g/mol. The maximum Gasteiger partial charge on any atom is 0.138 e. The molecular weight excluding hydrogens is 261 g/mol. The average Bonchev–Trinajstić information content (AvgIpc) is 2.23. The molecular formula is C10H7BrFN3. The molecule has 0 bridgehead atoms. The van der Waals surface area contributed by atoms with Crippen molar-refractivity contribution in [3.05, 3.63) is 44.5 Å². The van der Waals surface area contributed by atoms with Crippen molar-refractivity contribution in [3.63, 3.8) is 0 Å². The Morgan fingerprint density at radius 2 is 2.33 bits per heavy atom. The minimum atomic E-state index is -0.352. The van der Waals surface area contributed by atoms with Gasteiger partial charge in [-0.25, -0.2) is 4.39 Å². The predicted molar refractivity (Wildman–Crippen MR) is 59.6 cm³/mol. The molecule has 1 aromatic rings. The van der Waals surface area contributed by atoms with Crippen LogP contribution < -0.4 is 0 Å². The first-order valence-corrected chi connectivity index (χ1v) is 4.98. The highest BCUT2D eigenvalue weighted by Gasteiger charge is 1.98. The zero-order valence-electron chi connectivity index (χ0n) is 7.74. The summed E-state index contributed by atoms with van der Waals surface area (Å²) in [5, 5.41) is 3.32. The molecule has 1 rings (SSSR count). The zero-order valence-corrected chi connectivity index (χ0v) is 9.33. The van der Waals surface area contributed by atoms with Crippen molar-refractivity contribution >= 4 is 15.9 Å². The highest BCUT2D eigenvalue weighted by Crippen LogP contribution is 2.14. The van der Waals surface area contributed by atoms with Crippen LogP contribution in [0.4, 0.5) is 4.39 Å². The number of hydrogen-bond donors (Lipinski definition) is 0. The van der Waals surface area contributed by atoms with Crippen LogP contribution in [0.1, 0.15) is 12.0 Å². The molecule has 1 aromatic carbocycles. The van der Waals surface area contributed by atoms with Gasteiger partial charge in [0.2, 0.25) is 0 Å². The van der Waals surface area contributed by atoms with Gasteiger partial charge in [-0.3, -0.25) is 0 Å². The molecule has 0 unspecified atom stereocenters. The fourth-order valence-corrected chi connectivity index (χ4v) is 1.26. The molecule has 0 aliphatic rings. The van der Waals surface area contributed by atoms with Crippen molar-refractivity contribution in [1.82, 2.24) is 0 Å². The van der Waals surface area contributed by atoms with Crippen LogP contribution >= 0.6 is 15.9 Å². The number of nitrogens with zero attached hydrogens (tertiary/aromatic N) is 3. The van der Waals surface area contributed by atoms with E-state index in [9.17, 15) is 4.39 Å². The molecule has 0 saturated carbocycles.